The molecule has 0 radical (unpaired) electrons. The fourth-order valence-corrected chi connectivity index (χ4v) is 3.61. The van der Waals surface area contributed by atoms with Gasteiger partial charge < -0.3 is 19.1 Å². The number of urea groups is 1. The molecule has 0 aromatic heterocycles. The Morgan fingerprint density at radius 3 is 1.22 bits per heavy atom. The highest BCUT2D eigenvalue weighted by atomic mass is 32.1. The first-order valence-corrected chi connectivity index (χ1v) is 13.1. The van der Waals surface area contributed by atoms with Gasteiger partial charge in [-0.1, -0.05) is 33.9 Å². The Balaban J connectivity index is 2.87. The molecular weight excluding hydrogens is 526 g/mol. The zero-order valence-electron chi connectivity index (χ0n) is 21.1. The molecule has 0 N–H and O–H groups in total. The minimum atomic E-state index is -0.459. The molecule has 1 aliphatic heterocycles. The molecule has 1 aliphatic rings. The lowest BCUT2D eigenvalue weighted by atomic mass is 10.3. The quantitative estimate of drug-likeness (QED) is 0.159. The van der Waals surface area contributed by atoms with Crippen molar-refractivity contribution >= 4 is 61.8 Å². The van der Waals surface area contributed by atoms with Crippen LogP contribution in [-0.4, -0.2) is 93.8 Å². The van der Waals surface area contributed by atoms with Gasteiger partial charge in [-0.2, -0.15) is 37.9 Å². The number of carbonyl (C=O) groups excluding carboxylic acids is 4. The molecule has 0 aromatic carbocycles. The second-order valence-electron chi connectivity index (χ2n) is 8.39. The molecule has 3 atom stereocenters. The lowest BCUT2D eigenvalue weighted by molar-refractivity contribution is -0.144. The number of hydrogen-bond donors (Lipinski definition) is 3. The van der Waals surface area contributed by atoms with Crippen LogP contribution in [0.4, 0.5) is 4.79 Å². The van der Waals surface area contributed by atoms with Crippen molar-refractivity contribution < 1.29 is 33.4 Å². The highest BCUT2D eigenvalue weighted by Gasteiger charge is 2.36. The van der Waals surface area contributed by atoms with Crippen molar-refractivity contribution in [3.63, 3.8) is 0 Å². The molecule has 204 valence electrons. The number of nitrogens with zero attached hydrogens (tertiary/aromatic N) is 3. The van der Waals surface area contributed by atoms with E-state index in [-0.39, 0.29) is 74.5 Å². The van der Waals surface area contributed by atoms with Crippen LogP contribution in [0, 0.1) is 0 Å². The van der Waals surface area contributed by atoms with E-state index in [1.54, 1.807) is 25.7 Å². The molecule has 0 aromatic rings. The maximum atomic E-state index is 13.2. The highest BCUT2D eigenvalue weighted by molar-refractivity contribution is 7.81. The zero-order valence-corrected chi connectivity index (χ0v) is 23.7. The van der Waals surface area contributed by atoms with Gasteiger partial charge in [-0.3, -0.25) is 24.2 Å². The summed E-state index contributed by atoms with van der Waals surface area (Å²) in [6, 6.07) is -0.459. The first kappa shape index (κ1) is 32.0. The monoisotopic (exact) mass is 563 g/mol. The molecule has 10 nitrogen and oxygen atoms in total. The normalized spacial score (nSPS) is 16.5. The van der Waals surface area contributed by atoms with Gasteiger partial charge in [0.05, 0.1) is 38.9 Å². The molecule has 36 heavy (non-hydrogen) atoms. The number of rotatable bonds is 15. The third-order valence-corrected chi connectivity index (χ3v) is 5.38. The predicted molar refractivity (Wildman–Crippen MR) is 146 cm³/mol. The molecule has 3 unspecified atom stereocenters. The number of amides is 2. The van der Waals surface area contributed by atoms with Crippen molar-refractivity contribution in [1.82, 2.24) is 14.7 Å². The maximum absolute atomic E-state index is 13.2. The van der Waals surface area contributed by atoms with Crippen LogP contribution in [0.15, 0.2) is 24.8 Å². The van der Waals surface area contributed by atoms with Crippen molar-refractivity contribution in [2.45, 2.75) is 55.8 Å². The van der Waals surface area contributed by atoms with Gasteiger partial charge in [0.25, 0.3) is 0 Å². The number of hydrogen-bond acceptors (Lipinski definition) is 11. The summed E-state index contributed by atoms with van der Waals surface area (Å²) in [4.78, 5) is 53.1. The van der Waals surface area contributed by atoms with Gasteiger partial charge in [-0.15, -0.1) is 0 Å². The van der Waals surface area contributed by atoms with Crippen LogP contribution < -0.4 is 0 Å². The van der Waals surface area contributed by atoms with E-state index in [0.29, 0.717) is 11.6 Å². The Labute approximate surface area is 229 Å². The molecule has 1 saturated heterocycles. The predicted octanol–water partition coefficient (Wildman–Crippen LogP) is 2.72. The molecule has 0 saturated carbocycles. The lowest BCUT2D eigenvalue weighted by Crippen LogP contribution is -2.56. The van der Waals surface area contributed by atoms with Crippen LogP contribution in [-0.2, 0) is 28.6 Å². The molecular formula is C23H37N3O7S3. The van der Waals surface area contributed by atoms with Crippen LogP contribution in [0.3, 0.4) is 0 Å². The Morgan fingerprint density at radius 1 is 0.667 bits per heavy atom. The first-order valence-electron chi connectivity index (χ1n) is 11.6. The molecule has 13 heteroatoms. The number of thiol groups is 3. The average molecular weight is 564 g/mol. The standard InChI is InChI=1S/C23H37N3O7S3/c1-15(34)12-20(27)31-9-6-24-18(4)25(7-10-32-21(28)13-16(2)35)23(30)26(19(24)5)8-11-33-22(29)14-17(3)36/h15-17,34-36H,4-14H2,1-3H3. The third kappa shape index (κ3) is 11.4. The molecule has 1 rings (SSSR count). The fourth-order valence-electron chi connectivity index (χ4n) is 3.17. The van der Waals surface area contributed by atoms with E-state index in [0.717, 1.165) is 0 Å². The second-order valence-corrected chi connectivity index (χ2v) is 11.0. The fraction of sp³-hybridized carbons (Fsp3) is 0.652. The Bertz CT molecular complexity index is 698. The minimum absolute atomic E-state index is 0.0247. The summed E-state index contributed by atoms with van der Waals surface area (Å²) >= 11 is 12.5. The van der Waals surface area contributed by atoms with Crippen molar-refractivity contribution in [2.24, 2.45) is 0 Å². The molecule has 1 fully saturated rings. The van der Waals surface area contributed by atoms with E-state index >= 15 is 0 Å². The average Bonchev–Trinajstić information content (AvgIpc) is 2.73. The van der Waals surface area contributed by atoms with Gasteiger partial charge in [-0.05, 0) is 0 Å². The summed E-state index contributed by atoms with van der Waals surface area (Å²) in [5.41, 5.74) is 0. The zero-order chi connectivity index (χ0) is 27.4. The van der Waals surface area contributed by atoms with Gasteiger partial charge in [0.1, 0.15) is 31.5 Å². The summed E-state index contributed by atoms with van der Waals surface area (Å²) in [5, 5.41) is -0.442. The number of carbonyl (C=O) groups is 4. The van der Waals surface area contributed by atoms with Gasteiger partial charge in [0.2, 0.25) is 0 Å². The third-order valence-electron chi connectivity index (χ3n) is 4.83. The summed E-state index contributed by atoms with van der Waals surface area (Å²) in [6.45, 7) is 13.5. The summed E-state index contributed by atoms with van der Waals surface area (Å²) < 4.78 is 15.7. The van der Waals surface area contributed by atoms with E-state index in [4.69, 9.17) is 14.2 Å². The maximum Gasteiger partial charge on any atom is 0.331 e. The molecule has 0 bridgehead atoms. The van der Waals surface area contributed by atoms with E-state index in [1.807, 2.05) is 0 Å². The number of esters is 3. The van der Waals surface area contributed by atoms with Crippen molar-refractivity contribution in [3.05, 3.63) is 24.8 Å². The largest absolute Gasteiger partial charge is 0.464 e. The highest BCUT2D eigenvalue weighted by Crippen LogP contribution is 2.26. The first-order chi connectivity index (χ1) is 16.8. The van der Waals surface area contributed by atoms with E-state index in [9.17, 15) is 19.2 Å². The van der Waals surface area contributed by atoms with Gasteiger partial charge in [0.15, 0.2) is 0 Å². The Morgan fingerprint density at radius 2 is 0.944 bits per heavy atom. The van der Waals surface area contributed by atoms with E-state index in [1.165, 1.54) is 9.80 Å². The summed E-state index contributed by atoms with van der Waals surface area (Å²) in [6.07, 6.45) is 0.438. The topological polar surface area (TPSA) is 106 Å². The summed E-state index contributed by atoms with van der Waals surface area (Å²) in [5.74, 6) is -0.673. The van der Waals surface area contributed by atoms with Crippen molar-refractivity contribution in [1.29, 1.82) is 0 Å². The van der Waals surface area contributed by atoms with E-state index < -0.39 is 23.9 Å². The number of ether oxygens (including phenoxy) is 3. The van der Waals surface area contributed by atoms with Crippen LogP contribution >= 0.6 is 37.9 Å². The molecule has 1 heterocycles. The SMILES string of the molecule is C=C1N(CCOC(=O)CC(C)S)C(=C)N(CCOC(=O)CC(C)S)C(=O)N1CCOC(=O)CC(C)S. The molecule has 2 amide bonds. The molecule has 0 aliphatic carbocycles. The Hall–Kier alpha value is -1.99. The van der Waals surface area contributed by atoms with Gasteiger partial charge in [0, 0.05) is 15.7 Å². The van der Waals surface area contributed by atoms with Crippen LogP contribution in [0.5, 0.6) is 0 Å². The van der Waals surface area contributed by atoms with Crippen molar-refractivity contribution in [2.75, 3.05) is 39.5 Å². The van der Waals surface area contributed by atoms with Gasteiger partial charge >= 0.3 is 23.9 Å². The molecule has 0 spiro atoms. The van der Waals surface area contributed by atoms with Crippen LogP contribution in [0.2, 0.25) is 0 Å². The smallest absolute Gasteiger partial charge is 0.331 e. The summed E-state index contributed by atoms with van der Waals surface area (Å²) in [7, 11) is 0. The minimum Gasteiger partial charge on any atom is -0.464 e. The van der Waals surface area contributed by atoms with Gasteiger partial charge in [-0.25, -0.2) is 4.79 Å². The van der Waals surface area contributed by atoms with Crippen LogP contribution in [0.25, 0.3) is 0 Å². The lowest BCUT2D eigenvalue weighted by Gasteiger charge is -2.45. The Kier molecular flexibility index (Phi) is 14.2. The second kappa shape index (κ2) is 16.0. The van der Waals surface area contributed by atoms with Crippen LogP contribution in [0.1, 0.15) is 40.0 Å². The van der Waals surface area contributed by atoms with E-state index in [2.05, 4.69) is 51.0 Å². The van der Waals surface area contributed by atoms with Crippen molar-refractivity contribution in [3.8, 4) is 0 Å².